The summed E-state index contributed by atoms with van der Waals surface area (Å²) in [4.78, 5) is 28.7. The van der Waals surface area contributed by atoms with Crippen LogP contribution in [0.1, 0.15) is 41.5 Å². The number of carbonyl (C=O) groups excluding carboxylic acids is 1. The molecule has 2 N–H and O–H groups in total. The standard InChI is InChI=1S/C24H25N5O3S.C2HF3O2/c1-16-23(17(2)30)15-28(27-16)14-19-13-22-21(9-10-25-24(22)26-19)18-5-7-20(8-6-18)33(31,32)29-11-3-4-12-29;3-2(4,5)1(6)7/h5-10,13,15H,3-4,11-12,14H2,1-2H3,(H,25,26);(H,6,7). The smallest absolute Gasteiger partial charge is 0.475 e. The number of carboxylic acid groups (broad SMARTS) is 1. The Morgan fingerprint density at radius 1 is 1.10 bits per heavy atom. The molecule has 0 unspecified atom stereocenters. The van der Waals surface area contributed by atoms with Crippen molar-refractivity contribution in [1.29, 1.82) is 0 Å². The number of aromatic nitrogens is 4. The number of aliphatic carboxylic acids is 1. The summed E-state index contributed by atoms with van der Waals surface area (Å²) in [6.45, 7) is 5.02. The minimum absolute atomic E-state index is 0.00505. The second kappa shape index (κ2) is 11.2. The average molecular weight is 578 g/mol. The molecule has 1 fully saturated rings. The molecule has 1 saturated heterocycles. The van der Waals surface area contributed by atoms with Gasteiger partial charge in [0.1, 0.15) is 5.65 Å². The minimum Gasteiger partial charge on any atom is -0.475 e. The molecule has 0 spiro atoms. The van der Waals surface area contributed by atoms with Crippen molar-refractivity contribution in [1.82, 2.24) is 24.1 Å². The number of nitrogens with one attached hydrogen (secondary N) is 1. The normalized spacial score (nSPS) is 14.2. The summed E-state index contributed by atoms with van der Waals surface area (Å²) >= 11 is 0. The van der Waals surface area contributed by atoms with Crippen LogP contribution >= 0.6 is 0 Å². The van der Waals surface area contributed by atoms with E-state index in [4.69, 9.17) is 9.90 Å². The Labute approximate surface area is 227 Å². The molecule has 0 radical (unpaired) electrons. The van der Waals surface area contributed by atoms with Gasteiger partial charge in [-0.25, -0.2) is 18.2 Å². The summed E-state index contributed by atoms with van der Waals surface area (Å²) in [6.07, 6.45) is 0.238. The number of hydrogen-bond acceptors (Lipinski definition) is 6. The maximum Gasteiger partial charge on any atom is 0.490 e. The van der Waals surface area contributed by atoms with Gasteiger partial charge in [-0.15, -0.1) is 0 Å². The third-order valence-corrected chi connectivity index (χ3v) is 8.27. The highest BCUT2D eigenvalue weighted by Crippen LogP contribution is 2.30. The van der Waals surface area contributed by atoms with E-state index in [0.29, 0.717) is 35.8 Å². The highest BCUT2D eigenvalue weighted by Gasteiger charge is 2.38. The number of fused-ring (bicyclic) bond motifs is 1. The number of Topliss-reactive ketones (excluding diaryl/α,β-unsaturated/α-hetero) is 1. The van der Waals surface area contributed by atoms with Crippen molar-refractivity contribution in [3.63, 3.8) is 0 Å². The lowest BCUT2D eigenvalue weighted by Crippen LogP contribution is -2.27. The van der Waals surface area contributed by atoms with Crippen LogP contribution in [0, 0.1) is 6.92 Å². The van der Waals surface area contributed by atoms with Gasteiger partial charge in [-0.05, 0) is 62.1 Å². The van der Waals surface area contributed by atoms with E-state index < -0.39 is 22.2 Å². The Bertz CT molecular complexity index is 1650. The van der Waals surface area contributed by atoms with Gasteiger partial charge in [-0.2, -0.15) is 22.6 Å². The van der Waals surface area contributed by atoms with Crippen LogP contribution in [-0.4, -0.2) is 68.6 Å². The first-order valence-electron chi connectivity index (χ1n) is 12.2. The van der Waals surface area contributed by atoms with Crippen LogP contribution in [-0.2, 0) is 21.4 Å². The Hall–Kier alpha value is -4.04. The van der Waals surface area contributed by atoms with Crippen molar-refractivity contribution in [3.05, 3.63) is 65.7 Å². The number of sulfonamides is 1. The molecule has 4 aromatic rings. The van der Waals surface area contributed by atoms with E-state index in [0.717, 1.165) is 40.7 Å². The van der Waals surface area contributed by atoms with Gasteiger partial charge in [-0.3, -0.25) is 9.48 Å². The Morgan fingerprint density at radius 3 is 2.27 bits per heavy atom. The number of aryl methyl sites for hydroxylation is 1. The zero-order valence-corrected chi connectivity index (χ0v) is 22.4. The second-order valence-electron chi connectivity index (χ2n) is 9.24. The number of halogens is 3. The summed E-state index contributed by atoms with van der Waals surface area (Å²) in [5.41, 5.74) is 4.87. The van der Waals surface area contributed by atoms with E-state index in [-0.39, 0.29) is 5.78 Å². The van der Waals surface area contributed by atoms with Gasteiger partial charge in [0.25, 0.3) is 0 Å². The van der Waals surface area contributed by atoms with Gasteiger partial charge < -0.3 is 10.1 Å². The monoisotopic (exact) mass is 577 g/mol. The molecule has 10 nitrogen and oxygen atoms in total. The van der Waals surface area contributed by atoms with Gasteiger partial charge in [0, 0.05) is 36.6 Å². The lowest BCUT2D eigenvalue weighted by atomic mass is 10.0. The number of pyridine rings is 1. The molecular weight excluding hydrogens is 551 g/mol. The van der Waals surface area contributed by atoms with E-state index in [1.54, 1.807) is 33.5 Å². The van der Waals surface area contributed by atoms with Crippen molar-refractivity contribution in [2.75, 3.05) is 13.1 Å². The fraction of sp³-hybridized carbons (Fsp3) is 0.308. The van der Waals surface area contributed by atoms with Crippen LogP contribution in [0.5, 0.6) is 0 Å². The van der Waals surface area contributed by atoms with Gasteiger partial charge in [0.2, 0.25) is 10.0 Å². The van der Waals surface area contributed by atoms with Gasteiger partial charge in [0.15, 0.2) is 5.78 Å². The lowest BCUT2D eigenvalue weighted by Gasteiger charge is -2.15. The van der Waals surface area contributed by atoms with Crippen LogP contribution in [0.2, 0.25) is 0 Å². The second-order valence-corrected chi connectivity index (χ2v) is 11.2. The van der Waals surface area contributed by atoms with Crippen molar-refractivity contribution < 1.29 is 36.3 Å². The van der Waals surface area contributed by atoms with E-state index in [2.05, 4.69) is 15.1 Å². The van der Waals surface area contributed by atoms with Crippen molar-refractivity contribution in [2.45, 2.75) is 44.3 Å². The number of rotatable bonds is 6. The van der Waals surface area contributed by atoms with Crippen molar-refractivity contribution >= 4 is 32.8 Å². The van der Waals surface area contributed by atoms with Gasteiger partial charge in [0.05, 0.1) is 22.7 Å². The van der Waals surface area contributed by atoms with Crippen LogP contribution in [0.4, 0.5) is 13.2 Å². The molecule has 0 bridgehead atoms. The quantitative estimate of drug-likeness (QED) is 0.324. The Balaban J connectivity index is 0.000000470. The first-order valence-corrected chi connectivity index (χ1v) is 13.6. The molecule has 40 heavy (non-hydrogen) atoms. The van der Waals surface area contributed by atoms with Crippen LogP contribution in [0.3, 0.4) is 0 Å². The van der Waals surface area contributed by atoms with E-state index in [1.165, 1.54) is 6.92 Å². The van der Waals surface area contributed by atoms with Gasteiger partial charge in [-0.1, -0.05) is 12.1 Å². The molecule has 1 aliphatic rings. The number of benzene rings is 1. The summed E-state index contributed by atoms with van der Waals surface area (Å²) in [6, 6.07) is 11.0. The number of ketones is 1. The lowest BCUT2D eigenvalue weighted by molar-refractivity contribution is -0.192. The molecule has 14 heteroatoms. The third kappa shape index (κ3) is 6.23. The van der Waals surface area contributed by atoms with E-state index in [9.17, 15) is 26.4 Å². The molecule has 4 heterocycles. The van der Waals surface area contributed by atoms with Crippen molar-refractivity contribution in [2.24, 2.45) is 0 Å². The number of H-pyrrole nitrogens is 1. The summed E-state index contributed by atoms with van der Waals surface area (Å²) < 4.78 is 60.7. The fourth-order valence-electron chi connectivity index (χ4n) is 4.42. The van der Waals surface area contributed by atoms with Crippen LogP contribution in [0.15, 0.2) is 53.7 Å². The fourth-order valence-corrected chi connectivity index (χ4v) is 5.94. The highest BCUT2D eigenvalue weighted by atomic mass is 32.2. The first kappa shape index (κ1) is 29.0. The molecule has 5 rings (SSSR count). The average Bonchev–Trinajstić information content (AvgIpc) is 3.64. The SMILES string of the molecule is CC(=O)c1cn(Cc2cc3c(-c4ccc(S(=O)(=O)N5CCCC5)cc4)ccnc3[nH]2)nc1C.O=C(O)C(F)(F)F. The van der Waals surface area contributed by atoms with Crippen LogP contribution in [0.25, 0.3) is 22.2 Å². The molecule has 3 aromatic heterocycles. The van der Waals surface area contributed by atoms with E-state index in [1.807, 2.05) is 31.2 Å². The molecule has 0 aliphatic carbocycles. The number of hydrogen-bond donors (Lipinski definition) is 2. The molecule has 1 aromatic carbocycles. The maximum atomic E-state index is 12.8. The zero-order valence-electron chi connectivity index (χ0n) is 21.6. The highest BCUT2D eigenvalue weighted by molar-refractivity contribution is 7.89. The Kier molecular flexibility index (Phi) is 8.12. The largest absolute Gasteiger partial charge is 0.490 e. The summed E-state index contributed by atoms with van der Waals surface area (Å²) in [5.74, 6) is -2.76. The minimum atomic E-state index is -5.08. The Morgan fingerprint density at radius 2 is 1.73 bits per heavy atom. The molecular formula is C26H26F3N5O5S. The third-order valence-electron chi connectivity index (χ3n) is 6.36. The number of alkyl halides is 3. The van der Waals surface area contributed by atoms with Crippen LogP contribution < -0.4 is 0 Å². The number of carboxylic acids is 1. The molecule has 0 saturated carbocycles. The predicted octanol–water partition coefficient (Wildman–Crippen LogP) is 4.40. The number of carbonyl (C=O) groups is 2. The maximum absolute atomic E-state index is 12.8. The number of nitrogens with zero attached hydrogens (tertiary/aromatic N) is 4. The molecule has 212 valence electrons. The predicted molar refractivity (Wildman–Crippen MR) is 139 cm³/mol. The van der Waals surface area contributed by atoms with Gasteiger partial charge >= 0.3 is 12.1 Å². The van der Waals surface area contributed by atoms with E-state index >= 15 is 0 Å². The molecule has 1 aliphatic heterocycles. The summed E-state index contributed by atoms with van der Waals surface area (Å²) in [5, 5.41) is 12.5. The van der Waals surface area contributed by atoms with Crippen molar-refractivity contribution in [3.8, 4) is 11.1 Å². The first-order chi connectivity index (χ1) is 18.8. The number of aromatic amines is 1. The topological polar surface area (TPSA) is 138 Å². The molecule has 0 amide bonds. The molecule has 0 atom stereocenters. The summed E-state index contributed by atoms with van der Waals surface area (Å²) in [7, 11) is -3.44. The zero-order chi connectivity index (χ0) is 29.2.